The third-order valence-electron chi connectivity index (χ3n) is 2.26. The highest BCUT2D eigenvalue weighted by atomic mass is 32.2. The number of benzene rings is 1. The van der Waals surface area contributed by atoms with Crippen LogP contribution in [0.4, 0.5) is 5.69 Å². The van der Waals surface area contributed by atoms with Crippen LogP contribution in [0.2, 0.25) is 0 Å². The number of nitrogens with two attached hydrogens (primary N) is 2. The highest BCUT2D eigenvalue weighted by Gasteiger charge is 2.18. The summed E-state index contributed by atoms with van der Waals surface area (Å²) in [7, 11) is -3.73. The molecule has 0 aromatic heterocycles. The number of nitrogens with zero attached hydrogens (tertiary/aromatic N) is 1. The first-order chi connectivity index (χ1) is 7.46. The molecule has 6 heteroatoms. The van der Waals surface area contributed by atoms with Crippen LogP contribution in [-0.4, -0.2) is 21.5 Å². The molecule has 0 atom stereocenters. The van der Waals surface area contributed by atoms with Crippen LogP contribution < -0.4 is 15.2 Å². The van der Waals surface area contributed by atoms with Gasteiger partial charge in [-0.2, -0.15) is 8.42 Å². The Morgan fingerprint density at radius 1 is 1.31 bits per heavy atom. The second kappa shape index (κ2) is 5.29. The molecule has 90 valence electrons. The number of rotatable bonds is 5. The minimum Gasteiger partial charge on any atom is -0.330 e. The number of hydrogen-bond donors (Lipinski definition) is 2. The quantitative estimate of drug-likeness (QED) is 0.782. The molecule has 0 fully saturated rings. The van der Waals surface area contributed by atoms with Crippen molar-refractivity contribution in [3.8, 4) is 0 Å². The maximum Gasteiger partial charge on any atom is 0.299 e. The lowest BCUT2D eigenvalue weighted by Crippen LogP contribution is -2.38. The highest BCUT2D eigenvalue weighted by molar-refractivity contribution is 7.90. The highest BCUT2D eigenvalue weighted by Crippen LogP contribution is 2.21. The van der Waals surface area contributed by atoms with E-state index in [4.69, 9.17) is 10.9 Å². The van der Waals surface area contributed by atoms with E-state index in [-0.39, 0.29) is 0 Å². The number of para-hydroxylation sites is 1. The predicted molar refractivity (Wildman–Crippen MR) is 65.3 cm³/mol. The molecule has 1 rings (SSSR count). The second-order valence-corrected chi connectivity index (χ2v) is 5.02. The molecule has 0 spiro atoms. The minimum absolute atomic E-state index is 0.306. The van der Waals surface area contributed by atoms with Crippen LogP contribution in [0.1, 0.15) is 12.0 Å². The van der Waals surface area contributed by atoms with Crippen molar-refractivity contribution in [2.75, 3.05) is 17.4 Å². The smallest absolute Gasteiger partial charge is 0.299 e. The molecule has 4 N–H and O–H groups in total. The summed E-state index contributed by atoms with van der Waals surface area (Å²) in [5.41, 5.74) is 6.85. The maximum atomic E-state index is 11.5. The molecule has 0 amide bonds. The average molecular weight is 243 g/mol. The number of anilines is 1. The van der Waals surface area contributed by atoms with Gasteiger partial charge in [-0.25, -0.2) is 5.14 Å². The van der Waals surface area contributed by atoms with Gasteiger partial charge in [0.25, 0.3) is 10.2 Å². The Morgan fingerprint density at radius 3 is 2.44 bits per heavy atom. The lowest BCUT2D eigenvalue weighted by atomic mass is 10.2. The van der Waals surface area contributed by atoms with Crippen LogP contribution in [0.15, 0.2) is 24.3 Å². The fourth-order valence-electron chi connectivity index (χ4n) is 1.46. The second-order valence-electron chi connectivity index (χ2n) is 3.55. The van der Waals surface area contributed by atoms with Gasteiger partial charge in [-0.05, 0) is 31.5 Å². The first-order valence-electron chi connectivity index (χ1n) is 5.03. The normalized spacial score (nSPS) is 11.4. The van der Waals surface area contributed by atoms with Gasteiger partial charge >= 0.3 is 0 Å². The molecule has 0 radical (unpaired) electrons. The van der Waals surface area contributed by atoms with Crippen molar-refractivity contribution < 1.29 is 8.42 Å². The SMILES string of the molecule is Cc1ccccc1N(CCCN)S(N)(=O)=O. The monoisotopic (exact) mass is 243 g/mol. The predicted octanol–water partition coefficient (Wildman–Crippen LogP) is 0.354. The van der Waals surface area contributed by atoms with E-state index in [1.807, 2.05) is 19.1 Å². The first-order valence-corrected chi connectivity index (χ1v) is 6.53. The van der Waals surface area contributed by atoms with Crippen LogP contribution in [0.3, 0.4) is 0 Å². The van der Waals surface area contributed by atoms with E-state index in [0.29, 0.717) is 25.2 Å². The van der Waals surface area contributed by atoms with Crippen molar-refractivity contribution in [1.82, 2.24) is 0 Å². The van der Waals surface area contributed by atoms with Gasteiger partial charge in [0.1, 0.15) is 0 Å². The van der Waals surface area contributed by atoms with Crippen molar-refractivity contribution >= 4 is 15.9 Å². The fraction of sp³-hybridized carbons (Fsp3) is 0.400. The Labute approximate surface area is 96.2 Å². The van der Waals surface area contributed by atoms with Crippen LogP contribution in [-0.2, 0) is 10.2 Å². The Hall–Kier alpha value is -1.11. The summed E-state index contributed by atoms with van der Waals surface area (Å²) >= 11 is 0. The molecular weight excluding hydrogens is 226 g/mol. The maximum absolute atomic E-state index is 11.5. The zero-order chi connectivity index (χ0) is 12.2. The van der Waals surface area contributed by atoms with Crippen LogP contribution in [0.25, 0.3) is 0 Å². The van der Waals surface area contributed by atoms with Gasteiger partial charge < -0.3 is 5.73 Å². The van der Waals surface area contributed by atoms with Crippen molar-refractivity contribution in [2.24, 2.45) is 10.9 Å². The van der Waals surface area contributed by atoms with Crippen LogP contribution >= 0.6 is 0 Å². The van der Waals surface area contributed by atoms with Crippen LogP contribution in [0, 0.1) is 6.92 Å². The Morgan fingerprint density at radius 2 is 1.94 bits per heavy atom. The molecule has 5 nitrogen and oxygen atoms in total. The van der Waals surface area contributed by atoms with Gasteiger partial charge in [-0.15, -0.1) is 0 Å². The molecule has 0 aliphatic rings. The molecular formula is C10H17N3O2S. The van der Waals surface area contributed by atoms with E-state index in [2.05, 4.69) is 0 Å². The van der Waals surface area contributed by atoms with E-state index < -0.39 is 10.2 Å². The molecule has 0 unspecified atom stereocenters. The largest absolute Gasteiger partial charge is 0.330 e. The van der Waals surface area contributed by atoms with Gasteiger partial charge in [0.05, 0.1) is 5.69 Å². The van der Waals surface area contributed by atoms with Gasteiger partial charge in [0, 0.05) is 6.54 Å². The van der Waals surface area contributed by atoms with E-state index in [1.165, 1.54) is 4.31 Å². The molecule has 0 aliphatic carbocycles. The third-order valence-corrected chi connectivity index (χ3v) is 3.25. The molecule has 0 saturated heterocycles. The van der Waals surface area contributed by atoms with E-state index >= 15 is 0 Å². The van der Waals surface area contributed by atoms with Gasteiger partial charge in [-0.3, -0.25) is 4.31 Å². The molecule has 16 heavy (non-hydrogen) atoms. The third kappa shape index (κ3) is 3.19. The van der Waals surface area contributed by atoms with Crippen molar-refractivity contribution in [1.29, 1.82) is 0 Å². The first kappa shape index (κ1) is 13.0. The summed E-state index contributed by atoms with van der Waals surface area (Å²) in [6.45, 7) is 2.58. The van der Waals surface area contributed by atoms with E-state index in [1.54, 1.807) is 12.1 Å². The molecule has 1 aromatic rings. The molecule has 1 aromatic carbocycles. The van der Waals surface area contributed by atoms with Crippen molar-refractivity contribution in [2.45, 2.75) is 13.3 Å². The Balaban J connectivity index is 3.07. The fourth-order valence-corrected chi connectivity index (χ4v) is 2.33. The van der Waals surface area contributed by atoms with E-state index in [9.17, 15) is 8.42 Å². The number of hydrogen-bond acceptors (Lipinski definition) is 3. The summed E-state index contributed by atoms with van der Waals surface area (Å²) < 4.78 is 24.1. The number of aryl methyl sites for hydroxylation is 1. The summed E-state index contributed by atoms with van der Waals surface area (Å²) in [6, 6.07) is 7.21. The van der Waals surface area contributed by atoms with Gasteiger partial charge in [0.15, 0.2) is 0 Å². The zero-order valence-electron chi connectivity index (χ0n) is 9.26. The summed E-state index contributed by atoms with van der Waals surface area (Å²) in [5, 5.41) is 5.18. The lowest BCUT2D eigenvalue weighted by Gasteiger charge is -2.23. The average Bonchev–Trinajstić information content (AvgIpc) is 2.19. The topological polar surface area (TPSA) is 89.4 Å². The van der Waals surface area contributed by atoms with Gasteiger partial charge in [0.2, 0.25) is 0 Å². The van der Waals surface area contributed by atoms with E-state index in [0.717, 1.165) is 5.56 Å². The van der Waals surface area contributed by atoms with Crippen molar-refractivity contribution in [3.05, 3.63) is 29.8 Å². The van der Waals surface area contributed by atoms with Crippen molar-refractivity contribution in [3.63, 3.8) is 0 Å². The molecule has 0 bridgehead atoms. The Bertz CT molecular complexity index is 445. The minimum atomic E-state index is -3.73. The summed E-state index contributed by atoms with van der Waals surface area (Å²) in [6.07, 6.45) is 0.574. The molecule has 0 aliphatic heterocycles. The lowest BCUT2D eigenvalue weighted by molar-refractivity contribution is 0.591. The summed E-state index contributed by atoms with van der Waals surface area (Å²) in [5.74, 6) is 0. The standard InChI is InChI=1S/C10H17N3O2S/c1-9-5-2-3-6-10(9)13(8-4-7-11)16(12,14)15/h2-3,5-6H,4,7-8,11H2,1H3,(H2,12,14,15). The summed E-state index contributed by atoms with van der Waals surface area (Å²) in [4.78, 5) is 0. The van der Waals surface area contributed by atoms with Gasteiger partial charge in [-0.1, -0.05) is 18.2 Å². The molecule has 0 heterocycles. The Kier molecular flexibility index (Phi) is 4.28. The van der Waals surface area contributed by atoms with Crippen LogP contribution in [0.5, 0.6) is 0 Å². The zero-order valence-corrected chi connectivity index (χ0v) is 10.1. The molecule has 0 saturated carbocycles.